The highest BCUT2D eigenvalue weighted by Crippen LogP contribution is 2.31. The molecule has 1 fully saturated rings. The van der Waals surface area contributed by atoms with E-state index in [4.69, 9.17) is 4.98 Å². The van der Waals surface area contributed by atoms with Gasteiger partial charge in [-0.05, 0) is 42.7 Å². The minimum absolute atomic E-state index is 0.0241. The Hall–Kier alpha value is -2.14. The van der Waals surface area contributed by atoms with E-state index in [1.54, 1.807) is 4.57 Å². The predicted octanol–water partition coefficient (Wildman–Crippen LogP) is 4.17. The molecular formula is C20H20N2O2S. The fraction of sp³-hybridized carbons (Fsp3) is 0.350. The number of rotatable bonds is 3. The summed E-state index contributed by atoms with van der Waals surface area (Å²) in [6.45, 7) is 2.50. The Morgan fingerprint density at radius 1 is 1.16 bits per heavy atom. The molecule has 1 saturated carbocycles. The smallest absolute Gasteiger partial charge is 0.262 e. The van der Waals surface area contributed by atoms with Gasteiger partial charge >= 0.3 is 0 Å². The Kier molecular flexibility index (Phi) is 4.34. The maximum atomic E-state index is 13.0. The van der Waals surface area contributed by atoms with Crippen molar-refractivity contribution in [1.82, 2.24) is 9.55 Å². The zero-order chi connectivity index (χ0) is 17.4. The molecule has 0 N–H and O–H groups in total. The molecule has 1 heterocycles. The van der Waals surface area contributed by atoms with Crippen LogP contribution in [-0.2, 0) is 11.3 Å². The van der Waals surface area contributed by atoms with E-state index in [1.165, 1.54) is 11.8 Å². The summed E-state index contributed by atoms with van der Waals surface area (Å²) in [6, 6.07) is 11.9. The molecule has 128 valence electrons. The van der Waals surface area contributed by atoms with Crippen LogP contribution in [0.3, 0.4) is 0 Å². The second-order valence-electron chi connectivity index (χ2n) is 6.48. The molecule has 0 saturated heterocycles. The fourth-order valence-electron chi connectivity index (χ4n) is 3.46. The van der Waals surface area contributed by atoms with Gasteiger partial charge in [0.1, 0.15) is 5.78 Å². The maximum absolute atomic E-state index is 13.0. The summed E-state index contributed by atoms with van der Waals surface area (Å²) < 4.78 is 1.70. The summed E-state index contributed by atoms with van der Waals surface area (Å²) >= 11 is 1.46. The second kappa shape index (κ2) is 6.64. The van der Waals surface area contributed by atoms with Crippen LogP contribution >= 0.6 is 11.8 Å². The molecule has 1 aliphatic carbocycles. The molecule has 0 amide bonds. The van der Waals surface area contributed by atoms with Gasteiger partial charge in [0.25, 0.3) is 5.56 Å². The van der Waals surface area contributed by atoms with Crippen molar-refractivity contribution >= 4 is 39.2 Å². The lowest BCUT2D eigenvalue weighted by molar-refractivity contribution is -0.119. The first-order valence-electron chi connectivity index (χ1n) is 8.80. The van der Waals surface area contributed by atoms with Crippen LogP contribution in [0.1, 0.15) is 32.6 Å². The van der Waals surface area contributed by atoms with Crippen molar-refractivity contribution < 1.29 is 4.79 Å². The summed E-state index contributed by atoms with van der Waals surface area (Å²) in [6.07, 6.45) is 3.57. The minimum Gasteiger partial charge on any atom is -0.298 e. The van der Waals surface area contributed by atoms with E-state index in [9.17, 15) is 9.59 Å². The second-order valence-corrected chi connectivity index (χ2v) is 7.65. The van der Waals surface area contributed by atoms with E-state index in [2.05, 4.69) is 0 Å². The number of nitrogens with zero attached hydrogens (tertiary/aromatic N) is 2. The molecule has 0 bridgehead atoms. The van der Waals surface area contributed by atoms with E-state index < -0.39 is 0 Å². The number of thioether (sulfide) groups is 1. The van der Waals surface area contributed by atoms with E-state index in [1.807, 2.05) is 43.3 Å². The normalized spacial score (nSPS) is 18.1. The summed E-state index contributed by atoms with van der Waals surface area (Å²) in [4.78, 5) is 29.9. The largest absolute Gasteiger partial charge is 0.298 e. The van der Waals surface area contributed by atoms with Gasteiger partial charge in [0, 0.05) is 13.0 Å². The molecule has 4 nitrogen and oxygen atoms in total. The summed E-state index contributed by atoms with van der Waals surface area (Å²) in [5.41, 5.74) is 0.683. The highest BCUT2D eigenvalue weighted by atomic mass is 32.2. The summed E-state index contributed by atoms with van der Waals surface area (Å²) in [5.74, 6) is 0.284. The number of benzene rings is 2. The number of aromatic nitrogens is 2. The van der Waals surface area contributed by atoms with Gasteiger partial charge in [-0.25, -0.2) is 4.98 Å². The van der Waals surface area contributed by atoms with Crippen LogP contribution in [0.15, 0.2) is 46.3 Å². The number of Topliss-reactive ketones (excluding diaryl/α,β-unsaturated/α-hetero) is 1. The first kappa shape index (κ1) is 16.3. The predicted molar refractivity (Wildman–Crippen MR) is 102 cm³/mol. The van der Waals surface area contributed by atoms with Crippen LogP contribution in [0.4, 0.5) is 0 Å². The first-order chi connectivity index (χ1) is 12.2. The van der Waals surface area contributed by atoms with E-state index in [0.29, 0.717) is 29.0 Å². The lowest BCUT2D eigenvalue weighted by atomic mass is 9.99. The van der Waals surface area contributed by atoms with Crippen molar-refractivity contribution in [3.63, 3.8) is 0 Å². The third kappa shape index (κ3) is 2.97. The molecule has 1 aliphatic rings. The number of fused-ring (bicyclic) bond motifs is 2. The number of hydrogen-bond acceptors (Lipinski definition) is 4. The van der Waals surface area contributed by atoms with Crippen molar-refractivity contribution in [3.8, 4) is 0 Å². The van der Waals surface area contributed by atoms with Gasteiger partial charge in [0.15, 0.2) is 5.16 Å². The van der Waals surface area contributed by atoms with Crippen molar-refractivity contribution in [3.05, 3.63) is 46.8 Å². The van der Waals surface area contributed by atoms with Gasteiger partial charge in [0.2, 0.25) is 0 Å². The van der Waals surface area contributed by atoms with Crippen LogP contribution in [0, 0.1) is 0 Å². The molecule has 1 aromatic heterocycles. The molecule has 2 aromatic carbocycles. The summed E-state index contributed by atoms with van der Waals surface area (Å²) in [5, 5.41) is 3.34. The Morgan fingerprint density at radius 2 is 1.92 bits per heavy atom. The van der Waals surface area contributed by atoms with E-state index in [0.717, 1.165) is 30.0 Å². The Bertz CT molecular complexity index is 1030. The van der Waals surface area contributed by atoms with E-state index in [-0.39, 0.29) is 16.6 Å². The van der Waals surface area contributed by atoms with Gasteiger partial charge in [-0.15, -0.1) is 0 Å². The molecule has 4 rings (SSSR count). The lowest BCUT2D eigenvalue weighted by Crippen LogP contribution is -2.26. The van der Waals surface area contributed by atoms with Crippen molar-refractivity contribution in [2.75, 3.05) is 0 Å². The lowest BCUT2D eigenvalue weighted by Gasteiger charge is -2.21. The standard InChI is InChI=1S/C20H20N2O2S/c1-2-22-19(24)15-11-13-7-3-4-8-14(13)12-16(15)21-20(22)25-18-10-6-5-9-17(18)23/h3-4,7-8,11-12,18H,2,5-6,9-10H2,1H3/t18-/m1/s1. The summed E-state index contributed by atoms with van der Waals surface area (Å²) in [7, 11) is 0. The number of ketones is 1. The Balaban J connectivity index is 1.87. The minimum atomic E-state index is -0.0728. The average molecular weight is 352 g/mol. The third-order valence-electron chi connectivity index (χ3n) is 4.85. The maximum Gasteiger partial charge on any atom is 0.262 e. The Morgan fingerprint density at radius 3 is 2.64 bits per heavy atom. The van der Waals surface area contributed by atoms with Crippen LogP contribution < -0.4 is 5.56 Å². The molecular weight excluding hydrogens is 332 g/mol. The van der Waals surface area contributed by atoms with Crippen LogP contribution in [0.5, 0.6) is 0 Å². The van der Waals surface area contributed by atoms with Gasteiger partial charge in [-0.3, -0.25) is 14.2 Å². The van der Waals surface area contributed by atoms with Crippen molar-refractivity contribution in [1.29, 1.82) is 0 Å². The van der Waals surface area contributed by atoms with Crippen LogP contribution in [0.2, 0.25) is 0 Å². The third-order valence-corrected chi connectivity index (χ3v) is 6.15. The highest BCUT2D eigenvalue weighted by molar-refractivity contribution is 8.00. The van der Waals surface area contributed by atoms with Gasteiger partial charge < -0.3 is 0 Å². The van der Waals surface area contributed by atoms with Crippen molar-refractivity contribution in [2.45, 2.75) is 49.6 Å². The molecule has 1 atom stereocenters. The van der Waals surface area contributed by atoms with Crippen LogP contribution in [-0.4, -0.2) is 20.6 Å². The first-order valence-corrected chi connectivity index (χ1v) is 9.68. The topological polar surface area (TPSA) is 52.0 Å². The number of hydrogen-bond donors (Lipinski definition) is 0. The SMILES string of the molecule is CCn1c(S[C@@H]2CCCCC2=O)nc2cc3ccccc3cc2c1=O. The molecule has 0 radical (unpaired) electrons. The van der Waals surface area contributed by atoms with Gasteiger partial charge in [-0.1, -0.05) is 42.4 Å². The molecule has 0 spiro atoms. The highest BCUT2D eigenvalue weighted by Gasteiger charge is 2.25. The van der Waals surface area contributed by atoms with E-state index >= 15 is 0 Å². The number of carbonyl (C=O) groups excluding carboxylic acids is 1. The monoisotopic (exact) mass is 352 g/mol. The fourth-order valence-corrected chi connectivity index (χ4v) is 4.74. The van der Waals surface area contributed by atoms with Gasteiger partial charge in [0.05, 0.1) is 16.2 Å². The molecule has 0 unspecified atom stereocenters. The Labute approximate surface area is 150 Å². The number of carbonyl (C=O) groups is 1. The van der Waals surface area contributed by atoms with Crippen molar-refractivity contribution in [2.24, 2.45) is 0 Å². The molecule has 0 aliphatic heterocycles. The zero-order valence-corrected chi connectivity index (χ0v) is 15.0. The molecule has 5 heteroatoms. The average Bonchev–Trinajstić information content (AvgIpc) is 2.63. The van der Waals surface area contributed by atoms with Gasteiger partial charge in [-0.2, -0.15) is 0 Å². The molecule has 25 heavy (non-hydrogen) atoms. The zero-order valence-electron chi connectivity index (χ0n) is 14.2. The quantitative estimate of drug-likeness (QED) is 0.524. The molecule has 3 aromatic rings. The van der Waals surface area contributed by atoms with Crippen LogP contribution in [0.25, 0.3) is 21.7 Å².